The molecule has 0 bridgehead atoms. The Morgan fingerprint density at radius 3 is 2.52 bits per heavy atom. The van der Waals surface area contributed by atoms with Crippen LogP contribution in [-0.4, -0.2) is 25.0 Å². The van der Waals surface area contributed by atoms with E-state index >= 15 is 0 Å². The van der Waals surface area contributed by atoms with Crippen molar-refractivity contribution >= 4 is 11.6 Å². The molecule has 1 aromatic carbocycles. The van der Waals surface area contributed by atoms with Crippen molar-refractivity contribution in [3.05, 3.63) is 62.3 Å². The average molecular weight is 398 g/mol. The Hall–Kier alpha value is -2.68. The van der Waals surface area contributed by atoms with Gasteiger partial charge in [0.2, 0.25) is 0 Å². The molecule has 0 saturated carbocycles. The third-order valence-corrected chi connectivity index (χ3v) is 4.50. The molecule has 1 N–H and O–H groups in total. The Bertz CT molecular complexity index is 1060. The molecular weight excluding hydrogens is 383 g/mol. The van der Waals surface area contributed by atoms with Crippen LogP contribution in [0.1, 0.15) is 35.6 Å². The van der Waals surface area contributed by atoms with Crippen molar-refractivity contribution in [1.82, 2.24) is 25.0 Å². The van der Waals surface area contributed by atoms with Gasteiger partial charge in [-0.3, -0.25) is 4.79 Å². The minimum Gasteiger partial charge on any atom is -0.311 e. The Kier molecular flexibility index (Phi) is 4.81. The molecule has 1 atom stereocenters. The highest BCUT2D eigenvalue weighted by molar-refractivity contribution is 6.31. The molecular formula is C17H15ClF3N5O. The molecule has 6 nitrogen and oxygen atoms in total. The third kappa shape index (κ3) is 3.73. The fourth-order valence-corrected chi connectivity index (χ4v) is 3.16. The summed E-state index contributed by atoms with van der Waals surface area (Å²) in [4.78, 5) is 18.4. The fraction of sp³-hybridized carbons (Fsp3) is 0.294. The SMILES string of the molecule is Cc1nc(-c2nnn([C@@H](C)c3ccc(C(F)(F)F)cc3Cl)c2C)cc(=O)[nH]1. The number of aryl methyl sites for hydroxylation is 1. The standard InChI is InChI=1S/C17H15ClF3N5O/c1-8(12-5-4-11(6-13(12)18)17(19,20)21)26-9(2)16(24-25-26)14-7-15(27)23-10(3)22-14/h4-8H,1-3H3,(H,22,23,27)/t8-/m0/s1. The molecule has 0 spiro atoms. The van der Waals surface area contributed by atoms with Gasteiger partial charge in [0.05, 0.1) is 23.0 Å². The van der Waals surface area contributed by atoms with Crippen LogP contribution < -0.4 is 5.56 Å². The fourth-order valence-electron chi connectivity index (χ4n) is 2.82. The van der Waals surface area contributed by atoms with Crippen molar-refractivity contribution in [2.24, 2.45) is 0 Å². The van der Waals surface area contributed by atoms with E-state index in [-0.39, 0.29) is 10.6 Å². The van der Waals surface area contributed by atoms with Crippen molar-refractivity contribution in [1.29, 1.82) is 0 Å². The highest BCUT2D eigenvalue weighted by Gasteiger charge is 2.31. The van der Waals surface area contributed by atoms with E-state index in [1.54, 1.807) is 20.8 Å². The largest absolute Gasteiger partial charge is 0.416 e. The highest BCUT2D eigenvalue weighted by Crippen LogP contribution is 2.35. The van der Waals surface area contributed by atoms with Gasteiger partial charge in [-0.05, 0) is 38.5 Å². The molecule has 3 aromatic rings. The van der Waals surface area contributed by atoms with Crippen LogP contribution in [0.15, 0.2) is 29.1 Å². The van der Waals surface area contributed by atoms with Gasteiger partial charge >= 0.3 is 6.18 Å². The summed E-state index contributed by atoms with van der Waals surface area (Å²) in [5.74, 6) is 0.435. The van der Waals surface area contributed by atoms with E-state index in [1.807, 2.05) is 0 Å². The Morgan fingerprint density at radius 2 is 1.93 bits per heavy atom. The van der Waals surface area contributed by atoms with Crippen molar-refractivity contribution in [3.8, 4) is 11.4 Å². The molecule has 0 amide bonds. The maximum absolute atomic E-state index is 12.8. The second kappa shape index (κ2) is 6.80. The minimum atomic E-state index is -4.47. The number of nitrogens with one attached hydrogen (secondary N) is 1. The summed E-state index contributed by atoms with van der Waals surface area (Å²) >= 11 is 6.08. The number of H-pyrrole nitrogens is 1. The van der Waals surface area contributed by atoms with Gasteiger partial charge < -0.3 is 4.98 Å². The van der Waals surface area contributed by atoms with Gasteiger partial charge in [0.1, 0.15) is 11.5 Å². The van der Waals surface area contributed by atoms with Crippen molar-refractivity contribution in [2.75, 3.05) is 0 Å². The lowest BCUT2D eigenvalue weighted by molar-refractivity contribution is -0.137. The number of aromatic amines is 1. The zero-order valence-corrected chi connectivity index (χ0v) is 15.4. The molecule has 27 heavy (non-hydrogen) atoms. The molecule has 0 aliphatic rings. The molecule has 0 aliphatic heterocycles. The van der Waals surface area contributed by atoms with Crippen LogP contribution in [-0.2, 0) is 6.18 Å². The number of hydrogen-bond acceptors (Lipinski definition) is 4. The van der Waals surface area contributed by atoms with Crippen molar-refractivity contribution in [3.63, 3.8) is 0 Å². The van der Waals surface area contributed by atoms with Crippen molar-refractivity contribution < 1.29 is 13.2 Å². The lowest BCUT2D eigenvalue weighted by Crippen LogP contribution is -2.12. The van der Waals surface area contributed by atoms with Crippen LogP contribution in [0.3, 0.4) is 0 Å². The first-order valence-electron chi connectivity index (χ1n) is 7.94. The van der Waals surface area contributed by atoms with Gasteiger partial charge in [-0.1, -0.05) is 22.9 Å². The summed E-state index contributed by atoms with van der Waals surface area (Å²) in [6, 6.07) is 4.04. The normalized spacial score (nSPS) is 13.0. The molecule has 0 fully saturated rings. The first kappa shape index (κ1) is 19.1. The van der Waals surface area contributed by atoms with Crippen LogP contribution in [0.25, 0.3) is 11.4 Å². The third-order valence-electron chi connectivity index (χ3n) is 4.17. The maximum atomic E-state index is 12.8. The first-order chi connectivity index (χ1) is 12.6. The molecule has 0 saturated heterocycles. The van der Waals surface area contributed by atoms with Gasteiger partial charge in [-0.2, -0.15) is 13.2 Å². The van der Waals surface area contributed by atoms with Crippen LogP contribution in [0, 0.1) is 13.8 Å². The number of hydrogen-bond donors (Lipinski definition) is 1. The molecule has 3 rings (SSSR count). The molecule has 0 radical (unpaired) electrons. The van der Waals surface area contributed by atoms with Crippen LogP contribution in [0.5, 0.6) is 0 Å². The lowest BCUT2D eigenvalue weighted by atomic mass is 10.1. The Balaban J connectivity index is 2.01. The topological polar surface area (TPSA) is 76.5 Å². The van der Waals surface area contributed by atoms with Gasteiger partial charge in [-0.25, -0.2) is 9.67 Å². The summed E-state index contributed by atoms with van der Waals surface area (Å²) in [6.45, 7) is 5.13. The molecule has 10 heteroatoms. The predicted octanol–water partition coefficient (Wildman–Crippen LogP) is 3.93. The number of benzene rings is 1. The van der Waals surface area contributed by atoms with E-state index in [4.69, 9.17) is 11.6 Å². The summed E-state index contributed by atoms with van der Waals surface area (Å²) in [7, 11) is 0. The van der Waals surface area contributed by atoms with Gasteiger partial charge in [0.25, 0.3) is 5.56 Å². The number of nitrogens with zero attached hydrogens (tertiary/aromatic N) is 4. The minimum absolute atomic E-state index is 0.0149. The zero-order chi connectivity index (χ0) is 19.9. The van der Waals surface area contributed by atoms with E-state index in [9.17, 15) is 18.0 Å². The molecule has 2 heterocycles. The Labute approximate surface area is 157 Å². The number of alkyl halides is 3. The van der Waals surface area contributed by atoms with Gasteiger partial charge in [-0.15, -0.1) is 5.10 Å². The van der Waals surface area contributed by atoms with E-state index in [1.165, 1.54) is 16.8 Å². The predicted molar refractivity (Wildman–Crippen MR) is 93.6 cm³/mol. The molecule has 0 unspecified atom stereocenters. The number of halogens is 4. The number of rotatable bonds is 3. The second-order valence-electron chi connectivity index (χ2n) is 6.09. The van der Waals surface area contributed by atoms with Gasteiger partial charge in [0.15, 0.2) is 0 Å². The molecule has 0 aliphatic carbocycles. The van der Waals surface area contributed by atoms with Crippen molar-refractivity contribution in [2.45, 2.75) is 33.0 Å². The quantitative estimate of drug-likeness (QED) is 0.726. The summed E-state index contributed by atoms with van der Waals surface area (Å²) in [5.41, 5.74) is 0.730. The molecule has 142 valence electrons. The average Bonchev–Trinajstić information content (AvgIpc) is 2.94. The van der Waals surface area contributed by atoms with E-state index in [0.29, 0.717) is 28.5 Å². The van der Waals surface area contributed by atoms with Crippen LogP contribution >= 0.6 is 11.6 Å². The van der Waals surface area contributed by atoms with E-state index in [2.05, 4.69) is 20.3 Å². The smallest absolute Gasteiger partial charge is 0.311 e. The first-order valence-corrected chi connectivity index (χ1v) is 8.32. The Morgan fingerprint density at radius 1 is 1.22 bits per heavy atom. The summed E-state index contributed by atoms with van der Waals surface area (Å²) in [6.07, 6.45) is -4.47. The summed E-state index contributed by atoms with van der Waals surface area (Å²) < 4.78 is 40.0. The van der Waals surface area contributed by atoms with E-state index < -0.39 is 17.8 Å². The second-order valence-corrected chi connectivity index (χ2v) is 6.50. The highest BCUT2D eigenvalue weighted by atomic mass is 35.5. The van der Waals surface area contributed by atoms with Crippen LogP contribution in [0.2, 0.25) is 5.02 Å². The zero-order valence-electron chi connectivity index (χ0n) is 14.6. The monoisotopic (exact) mass is 397 g/mol. The number of aromatic nitrogens is 5. The summed E-state index contributed by atoms with van der Waals surface area (Å²) in [5, 5.41) is 8.13. The van der Waals surface area contributed by atoms with Gasteiger partial charge in [0, 0.05) is 11.1 Å². The lowest BCUT2D eigenvalue weighted by Gasteiger charge is -2.17. The maximum Gasteiger partial charge on any atom is 0.416 e. The van der Waals surface area contributed by atoms with Crippen LogP contribution in [0.4, 0.5) is 13.2 Å². The molecule has 2 aromatic heterocycles. The van der Waals surface area contributed by atoms with E-state index in [0.717, 1.165) is 12.1 Å².